The zero-order chi connectivity index (χ0) is 22.3. The first-order chi connectivity index (χ1) is 15.6. The molecule has 9 heteroatoms. The van der Waals surface area contributed by atoms with Crippen molar-refractivity contribution in [3.8, 4) is 5.69 Å². The number of hydrogen-bond donors (Lipinski definition) is 1. The number of rotatable bonds is 8. The van der Waals surface area contributed by atoms with Gasteiger partial charge in [0.1, 0.15) is 6.33 Å². The van der Waals surface area contributed by atoms with E-state index >= 15 is 0 Å². The number of halogens is 1. The van der Waals surface area contributed by atoms with Gasteiger partial charge in [-0.1, -0.05) is 59.8 Å². The van der Waals surface area contributed by atoms with Gasteiger partial charge < -0.3 is 10.2 Å². The molecule has 1 aliphatic rings. The largest absolute Gasteiger partial charge is 0.347 e. The lowest BCUT2D eigenvalue weighted by Gasteiger charge is -2.35. The minimum atomic E-state index is -0.0569. The first kappa shape index (κ1) is 22.8. The van der Waals surface area contributed by atoms with Gasteiger partial charge in [-0.05, 0) is 30.8 Å². The van der Waals surface area contributed by atoms with Crippen molar-refractivity contribution in [2.24, 2.45) is 0 Å². The summed E-state index contributed by atoms with van der Waals surface area (Å²) in [5, 5.41) is 12.7. The Hall–Kier alpha value is -2.39. The number of carbonyl (C=O) groups excluding carboxylic acids is 1. The van der Waals surface area contributed by atoms with Crippen LogP contribution in [-0.4, -0.2) is 76.0 Å². The highest BCUT2D eigenvalue weighted by molar-refractivity contribution is 7.99. The van der Waals surface area contributed by atoms with Crippen molar-refractivity contribution in [2.45, 2.75) is 11.2 Å². The summed E-state index contributed by atoms with van der Waals surface area (Å²) in [4.78, 5) is 17.6. The van der Waals surface area contributed by atoms with Crippen LogP contribution in [-0.2, 0) is 4.79 Å². The third-order valence-corrected chi connectivity index (χ3v) is 6.69. The number of thioether (sulfide) groups is 1. The summed E-state index contributed by atoms with van der Waals surface area (Å²) in [7, 11) is 2.15. The molecule has 1 fully saturated rings. The number of benzene rings is 2. The molecule has 32 heavy (non-hydrogen) atoms. The van der Waals surface area contributed by atoms with Gasteiger partial charge in [0.15, 0.2) is 5.16 Å². The van der Waals surface area contributed by atoms with E-state index in [9.17, 15) is 4.79 Å². The van der Waals surface area contributed by atoms with Crippen LogP contribution in [0, 0.1) is 0 Å². The van der Waals surface area contributed by atoms with Gasteiger partial charge in [-0.25, -0.2) is 0 Å². The summed E-state index contributed by atoms with van der Waals surface area (Å²) in [6.07, 6.45) is 1.63. The average Bonchev–Trinajstić information content (AvgIpc) is 3.28. The van der Waals surface area contributed by atoms with Crippen LogP contribution in [0.1, 0.15) is 11.6 Å². The van der Waals surface area contributed by atoms with Crippen LogP contribution in [0.25, 0.3) is 5.69 Å². The fraction of sp³-hybridized carbons (Fsp3) is 0.348. The normalized spacial score (nSPS) is 16.1. The number of hydrogen-bond acceptors (Lipinski definition) is 6. The van der Waals surface area contributed by atoms with Crippen molar-refractivity contribution in [3.05, 3.63) is 71.5 Å². The monoisotopic (exact) mass is 470 g/mol. The molecule has 7 nitrogen and oxygen atoms in total. The minimum absolute atomic E-state index is 0.0291. The maximum absolute atomic E-state index is 12.9. The van der Waals surface area contributed by atoms with Crippen molar-refractivity contribution < 1.29 is 4.79 Å². The molecule has 1 saturated heterocycles. The summed E-state index contributed by atoms with van der Waals surface area (Å²) >= 11 is 7.47. The lowest BCUT2D eigenvalue weighted by atomic mass is 10.1. The van der Waals surface area contributed by atoms with E-state index < -0.39 is 0 Å². The lowest BCUT2D eigenvalue weighted by Crippen LogP contribution is -2.48. The van der Waals surface area contributed by atoms with Crippen molar-refractivity contribution in [2.75, 3.05) is 45.5 Å². The fourth-order valence-electron chi connectivity index (χ4n) is 3.70. The Bertz CT molecular complexity index is 1020. The van der Waals surface area contributed by atoms with Crippen LogP contribution in [0.15, 0.2) is 66.1 Å². The van der Waals surface area contributed by atoms with E-state index in [0.29, 0.717) is 10.2 Å². The molecule has 1 amide bonds. The molecule has 0 saturated carbocycles. The number of nitrogens with one attached hydrogen (secondary N) is 1. The number of aromatic nitrogens is 3. The van der Waals surface area contributed by atoms with E-state index in [0.717, 1.165) is 44.0 Å². The molecule has 1 aromatic heterocycles. The smallest absolute Gasteiger partial charge is 0.231 e. The van der Waals surface area contributed by atoms with E-state index in [1.54, 1.807) is 6.33 Å². The van der Waals surface area contributed by atoms with E-state index in [4.69, 9.17) is 11.6 Å². The Labute approximate surface area is 197 Å². The maximum atomic E-state index is 12.9. The standard InChI is InChI=1S/C23H27ClN6OS/c1-28-10-12-29(13-11-28)15-21(18-6-3-2-4-7-18)26-22(31)16-32-23-27-25-17-30(23)20-9-5-8-19(24)14-20/h2-9,14,17,21H,10-13,15-16H2,1H3,(H,26,31). The van der Waals surface area contributed by atoms with Crippen molar-refractivity contribution >= 4 is 29.3 Å². The quantitative estimate of drug-likeness (QED) is 0.510. The van der Waals surface area contributed by atoms with Gasteiger partial charge in [0.05, 0.1) is 17.5 Å². The van der Waals surface area contributed by atoms with E-state index in [1.807, 2.05) is 47.0 Å². The van der Waals surface area contributed by atoms with Crippen molar-refractivity contribution in [3.63, 3.8) is 0 Å². The molecule has 2 aromatic carbocycles. The van der Waals surface area contributed by atoms with Crippen LogP contribution < -0.4 is 5.32 Å². The van der Waals surface area contributed by atoms with Gasteiger partial charge in [0.25, 0.3) is 0 Å². The Morgan fingerprint density at radius 1 is 1.12 bits per heavy atom. The summed E-state index contributed by atoms with van der Waals surface area (Å²) in [6.45, 7) is 4.91. The predicted octanol–water partition coefficient (Wildman–Crippen LogP) is 3.12. The van der Waals surface area contributed by atoms with Crippen LogP contribution in [0.2, 0.25) is 5.02 Å². The Kier molecular flexibility index (Phi) is 7.81. The SMILES string of the molecule is CN1CCN(CC(NC(=O)CSc2nncn2-c2cccc(Cl)c2)c2ccccc2)CC1. The van der Waals surface area contributed by atoms with Crippen LogP contribution in [0.3, 0.4) is 0 Å². The van der Waals surface area contributed by atoms with Crippen molar-refractivity contribution in [1.29, 1.82) is 0 Å². The first-order valence-corrected chi connectivity index (χ1v) is 12.0. The molecule has 168 valence electrons. The Morgan fingerprint density at radius 2 is 1.91 bits per heavy atom. The zero-order valence-corrected chi connectivity index (χ0v) is 19.6. The fourth-order valence-corrected chi connectivity index (χ4v) is 4.62. The third-order valence-electron chi connectivity index (χ3n) is 5.51. The molecule has 0 spiro atoms. The minimum Gasteiger partial charge on any atom is -0.347 e. The third kappa shape index (κ3) is 6.10. The highest BCUT2D eigenvalue weighted by atomic mass is 35.5. The molecule has 0 bridgehead atoms. The van der Waals surface area contributed by atoms with E-state index in [2.05, 4.69) is 44.5 Å². The molecule has 0 radical (unpaired) electrons. The summed E-state index contributed by atoms with van der Waals surface area (Å²) < 4.78 is 1.84. The maximum Gasteiger partial charge on any atom is 0.231 e. The number of piperazine rings is 1. The van der Waals surface area contributed by atoms with Crippen LogP contribution in [0.5, 0.6) is 0 Å². The lowest BCUT2D eigenvalue weighted by molar-refractivity contribution is -0.119. The van der Waals surface area contributed by atoms with Crippen LogP contribution >= 0.6 is 23.4 Å². The molecule has 4 rings (SSSR count). The Morgan fingerprint density at radius 3 is 2.66 bits per heavy atom. The molecular formula is C23H27ClN6OS. The molecule has 3 aromatic rings. The van der Waals surface area contributed by atoms with Gasteiger partial charge in [-0.15, -0.1) is 10.2 Å². The van der Waals surface area contributed by atoms with E-state index in [1.165, 1.54) is 11.8 Å². The van der Waals surface area contributed by atoms with Gasteiger partial charge in [-0.2, -0.15) is 0 Å². The van der Waals surface area contributed by atoms with Crippen molar-refractivity contribution in [1.82, 2.24) is 29.9 Å². The molecule has 1 unspecified atom stereocenters. The van der Waals surface area contributed by atoms with Gasteiger partial charge in [0, 0.05) is 37.7 Å². The second kappa shape index (κ2) is 11.0. The van der Waals surface area contributed by atoms with Crippen LogP contribution in [0.4, 0.5) is 0 Å². The number of likely N-dealkylation sites (N-methyl/N-ethyl adjacent to an activating group) is 1. The highest BCUT2D eigenvalue weighted by Crippen LogP contribution is 2.22. The number of nitrogens with zero attached hydrogens (tertiary/aromatic N) is 5. The molecule has 1 aliphatic heterocycles. The number of carbonyl (C=O) groups is 1. The topological polar surface area (TPSA) is 66.3 Å². The second-order valence-electron chi connectivity index (χ2n) is 7.89. The summed E-state index contributed by atoms with van der Waals surface area (Å²) in [5.41, 5.74) is 1.98. The average molecular weight is 471 g/mol. The summed E-state index contributed by atoms with van der Waals surface area (Å²) in [5.74, 6) is 0.226. The number of amides is 1. The van der Waals surface area contributed by atoms with Gasteiger partial charge in [-0.3, -0.25) is 14.3 Å². The predicted molar refractivity (Wildman–Crippen MR) is 128 cm³/mol. The molecule has 1 N–H and O–H groups in total. The van der Waals surface area contributed by atoms with E-state index in [-0.39, 0.29) is 17.7 Å². The molecule has 1 atom stereocenters. The zero-order valence-electron chi connectivity index (χ0n) is 18.0. The molecule has 2 heterocycles. The highest BCUT2D eigenvalue weighted by Gasteiger charge is 2.21. The van der Waals surface area contributed by atoms with Gasteiger partial charge >= 0.3 is 0 Å². The van der Waals surface area contributed by atoms with Gasteiger partial charge in [0.2, 0.25) is 5.91 Å². The molecular weight excluding hydrogens is 444 g/mol. The Balaban J connectivity index is 1.39. The second-order valence-corrected chi connectivity index (χ2v) is 9.27. The molecule has 0 aliphatic carbocycles. The first-order valence-electron chi connectivity index (χ1n) is 10.6. The summed E-state index contributed by atoms with van der Waals surface area (Å²) in [6, 6.07) is 17.6.